The summed E-state index contributed by atoms with van der Waals surface area (Å²) in [6.45, 7) is 1.95. The van der Waals surface area contributed by atoms with E-state index < -0.39 is 11.6 Å². The van der Waals surface area contributed by atoms with Crippen LogP contribution >= 0.6 is 23.4 Å². The molecule has 2 aliphatic heterocycles. The van der Waals surface area contributed by atoms with Gasteiger partial charge in [0, 0.05) is 36.2 Å². The van der Waals surface area contributed by atoms with Crippen LogP contribution in [0.3, 0.4) is 0 Å². The molecule has 3 fully saturated rings. The van der Waals surface area contributed by atoms with E-state index in [0.717, 1.165) is 30.3 Å². The number of halogens is 1. The molecule has 0 radical (unpaired) electrons. The molecule has 0 bridgehead atoms. The molecule has 4 amide bonds. The van der Waals surface area contributed by atoms with Crippen LogP contribution in [0, 0.1) is 5.92 Å². The molecule has 28 heavy (non-hydrogen) atoms. The SMILES string of the molecule is O=C1NC(=O)C2(CCC(C(=O)Nc3ccc(N4CCSCC4)c(Cl)c3)CC2)N1. The molecular weight excluding hydrogens is 400 g/mol. The Hall–Kier alpha value is -1.93. The highest BCUT2D eigenvalue weighted by molar-refractivity contribution is 7.99. The van der Waals surface area contributed by atoms with Crippen molar-refractivity contribution in [2.75, 3.05) is 34.8 Å². The van der Waals surface area contributed by atoms with Crippen LogP contribution in [0.15, 0.2) is 18.2 Å². The minimum atomic E-state index is -0.842. The van der Waals surface area contributed by atoms with Crippen molar-refractivity contribution in [3.63, 3.8) is 0 Å². The smallest absolute Gasteiger partial charge is 0.322 e. The molecule has 4 rings (SSSR count). The van der Waals surface area contributed by atoms with E-state index in [1.54, 1.807) is 6.07 Å². The number of nitrogens with zero attached hydrogens (tertiary/aromatic N) is 1. The van der Waals surface area contributed by atoms with Gasteiger partial charge in [-0.2, -0.15) is 11.8 Å². The maximum Gasteiger partial charge on any atom is 0.322 e. The second-order valence-corrected chi connectivity index (χ2v) is 9.15. The van der Waals surface area contributed by atoms with E-state index in [1.807, 2.05) is 23.9 Å². The third-order valence-corrected chi connectivity index (χ3v) is 7.04. The quantitative estimate of drug-likeness (QED) is 0.651. The zero-order chi connectivity index (χ0) is 19.7. The Morgan fingerprint density at radius 1 is 1.21 bits per heavy atom. The highest BCUT2D eigenvalue weighted by atomic mass is 35.5. The summed E-state index contributed by atoms with van der Waals surface area (Å²) in [5.74, 6) is 1.65. The van der Waals surface area contributed by atoms with Gasteiger partial charge in [0.15, 0.2) is 0 Å². The average molecular weight is 423 g/mol. The number of hydrogen-bond donors (Lipinski definition) is 3. The minimum Gasteiger partial charge on any atom is -0.369 e. The molecular formula is C19H23ClN4O3S. The predicted molar refractivity (Wildman–Crippen MR) is 111 cm³/mol. The van der Waals surface area contributed by atoms with Crippen LogP contribution in [-0.2, 0) is 9.59 Å². The van der Waals surface area contributed by atoms with E-state index in [1.165, 1.54) is 0 Å². The molecule has 7 nitrogen and oxygen atoms in total. The second-order valence-electron chi connectivity index (χ2n) is 7.52. The molecule has 1 aromatic rings. The molecule has 9 heteroatoms. The predicted octanol–water partition coefficient (Wildman–Crippen LogP) is 2.60. The van der Waals surface area contributed by atoms with Crippen LogP contribution in [0.2, 0.25) is 5.02 Å². The number of thioether (sulfide) groups is 1. The lowest BCUT2D eigenvalue weighted by molar-refractivity contribution is -0.128. The highest BCUT2D eigenvalue weighted by Gasteiger charge is 2.48. The molecule has 1 aliphatic carbocycles. The van der Waals surface area contributed by atoms with E-state index in [4.69, 9.17) is 11.6 Å². The Kier molecular flexibility index (Phi) is 5.42. The van der Waals surface area contributed by atoms with Gasteiger partial charge in [-0.3, -0.25) is 14.9 Å². The molecule has 1 aromatic carbocycles. The van der Waals surface area contributed by atoms with E-state index in [9.17, 15) is 14.4 Å². The summed E-state index contributed by atoms with van der Waals surface area (Å²) in [5.41, 5.74) is 0.839. The Bertz CT molecular complexity index is 804. The Morgan fingerprint density at radius 3 is 2.54 bits per heavy atom. The van der Waals surface area contributed by atoms with E-state index >= 15 is 0 Å². The van der Waals surface area contributed by atoms with Crippen molar-refractivity contribution >= 4 is 52.6 Å². The summed E-state index contributed by atoms with van der Waals surface area (Å²) in [6, 6.07) is 5.19. The van der Waals surface area contributed by atoms with Gasteiger partial charge in [0.1, 0.15) is 5.54 Å². The van der Waals surface area contributed by atoms with Crippen LogP contribution in [0.25, 0.3) is 0 Å². The fraction of sp³-hybridized carbons (Fsp3) is 0.526. The number of benzene rings is 1. The molecule has 3 aliphatic rings. The number of urea groups is 1. The number of carbonyl (C=O) groups excluding carboxylic acids is 3. The Labute approximate surface area is 172 Å². The number of nitrogens with one attached hydrogen (secondary N) is 3. The van der Waals surface area contributed by atoms with Crippen molar-refractivity contribution in [1.82, 2.24) is 10.6 Å². The van der Waals surface area contributed by atoms with E-state index in [-0.39, 0.29) is 17.7 Å². The van der Waals surface area contributed by atoms with Crippen molar-refractivity contribution in [2.24, 2.45) is 5.92 Å². The minimum absolute atomic E-state index is 0.0715. The molecule has 1 spiro atoms. The van der Waals surface area contributed by atoms with Gasteiger partial charge in [-0.15, -0.1) is 0 Å². The first-order chi connectivity index (χ1) is 13.5. The molecule has 3 N–H and O–H groups in total. The fourth-order valence-electron chi connectivity index (χ4n) is 4.14. The highest BCUT2D eigenvalue weighted by Crippen LogP contribution is 2.35. The largest absolute Gasteiger partial charge is 0.369 e. The maximum absolute atomic E-state index is 12.7. The summed E-state index contributed by atoms with van der Waals surface area (Å²) in [4.78, 5) is 38.4. The number of anilines is 2. The van der Waals surface area contributed by atoms with Gasteiger partial charge in [-0.1, -0.05) is 11.6 Å². The fourth-order valence-corrected chi connectivity index (χ4v) is 5.35. The molecule has 2 heterocycles. The van der Waals surface area contributed by atoms with Crippen molar-refractivity contribution in [3.05, 3.63) is 23.2 Å². The average Bonchev–Trinajstić information content (AvgIpc) is 2.96. The number of amides is 4. The summed E-state index contributed by atoms with van der Waals surface area (Å²) in [5, 5.41) is 8.59. The summed E-state index contributed by atoms with van der Waals surface area (Å²) in [6.07, 6.45) is 2.04. The van der Waals surface area contributed by atoms with Gasteiger partial charge in [-0.25, -0.2) is 4.79 Å². The van der Waals surface area contributed by atoms with Gasteiger partial charge in [0.05, 0.1) is 10.7 Å². The van der Waals surface area contributed by atoms with Crippen LogP contribution in [0.5, 0.6) is 0 Å². The topological polar surface area (TPSA) is 90.5 Å². The standard InChI is InChI=1S/C19H23ClN4O3S/c20-14-11-13(1-2-15(14)24-7-9-28-10-8-24)21-16(25)12-3-5-19(6-4-12)17(26)22-18(27)23-19/h1-2,11-12H,3-10H2,(H,21,25)(H2,22,23,26,27). The first-order valence-corrected chi connectivity index (χ1v) is 11.1. The molecule has 2 saturated heterocycles. The monoisotopic (exact) mass is 422 g/mol. The molecule has 0 atom stereocenters. The van der Waals surface area contributed by atoms with E-state index in [0.29, 0.717) is 36.4 Å². The number of rotatable bonds is 3. The number of hydrogen-bond acceptors (Lipinski definition) is 5. The van der Waals surface area contributed by atoms with Crippen molar-refractivity contribution in [3.8, 4) is 0 Å². The lowest BCUT2D eigenvalue weighted by atomic mass is 9.76. The first-order valence-electron chi connectivity index (χ1n) is 9.54. The summed E-state index contributed by atoms with van der Waals surface area (Å²) < 4.78 is 0. The van der Waals surface area contributed by atoms with E-state index in [2.05, 4.69) is 20.9 Å². The zero-order valence-corrected chi connectivity index (χ0v) is 17.0. The van der Waals surface area contributed by atoms with Gasteiger partial charge in [-0.05, 0) is 43.9 Å². The normalized spacial score (nSPS) is 27.5. The van der Waals surface area contributed by atoms with Crippen LogP contribution in [-0.4, -0.2) is 48.0 Å². The summed E-state index contributed by atoms with van der Waals surface area (Å²) in [7, 11) is 0. The Morgan fingerprint density at radius 2 is 1.93 bits per heavy atom. The van der Waals surface area contributed by atoms with Crippen LogP contribution in [0.4, 0.5) is 16.2 Å². The van der Waals surface area contributed by atoms with Gasteiger partial charge in [0.2, 0.25) is 5.91 Å². The van der Waals surface area contributed by atoms with Crippen LogP contribution < -0.4 is 20.9 Å². The van der Waals surface area contributed by atoms with Gasteiger partial charge >= 0.3 is 6.03 Å². The van der Waals surface area contributed by atoms with Gasteiger partial charge in [0.25, 0.3) is 5.91 Å². The Balaban J connectivity index is 1.36. The first kappa shape index (κ1) is 19.4. The lowest BCUT2D eigenvalue weighted by Gasteiger charge is -2.34. The molecule has 1 saturated carbocycles. The third kappa shape index (κ3) is 3.80. The lowest BCUT2D eigenvalue weighted by Crippen LogP contribution is -2.50. The van der Waals surface area contributed by atoms with Crippen molar-refractivity contribution in [2.45, 2.75) is 31.2 Å². The zero-order valence-electron chi connectivity index (χ0n) is 15.4. The van der Waals surface area contributed by atoms with Crippen molar-refractivity contribution in [1.29, 1.82) is 0 Å². The number of imide groups is 1. The van der Waals surface area contributed by atoms with Crippen LogP contribution in [0.1, 0.15) is 25.7 Å². The van der Waals surface area contributed by atoms with Crippen molar-refractivity contribution < 1.29 is 14.4 Å². The maximum atomic E-state index is 12.7. The summed E-state index contributed by atoms with van der Waals surface area (Å²) >= 11 is 8.40. The van der Waals surface area contributed by atoms with Gasteiger partial charge < -0.3 is 15.5 Å². The molecule has 0 aromatic heterocycles. The molecule has 150 valence electrons. The second kappa shape index (κ2) is 7.83. The third-order valence-electron chi connectivity index (χ3n) is 5.79. The molecule has 0 unspecified atom stereocenters. The number of carbonyl (C=O) groups is 3.